The van der Waals surface area contributed by atoms with Crippen LogP contribution in [0.15, 0.2) is 12.4 Å². The molecule has 2 unspecified atom stereocenters. The fourth-order valence-corrected chi connectivity index (χ4v) is 2.74. The van der Waals surface area contributed by atoms with Crippen LogP contribution in [0.3, 0.4) is 0 Å². The molecule has 9 nitrogen and oxygen atoms in total. The molecular formula is C16H19F7N4O5. The first kappa shape index (κ1) is 27.3. The van der Waals surface area contributed by atoms with Crippen LogP contribution in [-0.2, 0) is 14.3 Å². The number of nitrogens with one attached hydrogen (secondary N) is 2. The molecule has 1 spiro atoms. The van der Waals surface area contributed by atoms with Gasteiger partial charge in [-0.25, -0.2) is 23.9 Å². The van der Waals surface area contributed by atoms with Crippen molar-refractivity contribution in [3.63, 3.8) is 0 Å². The van der Waals surface area contributed by atoms with E-state index in [9.17, 15) is 30.7 Å². The molecule has 2 saturated heterocycles. The summed E-state index contributed by atoms with van der Waals surface area (Å²) in [6.45, 7) is 2.64. The predicted octanol–water partition coefficient (Wildman–Crippen LogP) is 2.21. The third-order valence-electron chi connectivity index (χ3n) is 4.08. The highest BCUT2D eigenvalue weighted by Crippen LogP contribution is 2.32. The van der Waals surface area contributed by atoms with Crippen molar-refractivity contribution in [3.05, 3.63) is 18.2 Å². The Balaban J connectivity index is 0.000000305. The van der Waals surface area contributed by atoms with Crippen LogP contribution in [0.1, 0.15) is 19.3 Å². The number of hydrogen-bond acceptors (Lipinski definition) is 7. The van der Waals surface area contributed by atoms with Crippen molar-refractivity contribution in [2.75, 3.05) is 25.0 Å². The van der Waals surface area contributed by atoms with Gasteiger partial charge in [0.2, 0.25) is 5.95 Å². The second-order valence-electron chi connectivity index (χ2n) is 6.65. The van der Waals surface area contributed by atoms with Gasteiger partial charge >= 0.3 is 24.3 Å². The number of carboxylic acids is 2. The van der Waals surface area contributed by atoms with Gasteiger partial charge in [0.25, 0.3) is 0 Å². The lowest BCUT2D eigenvalue weighted by Crippen LogP contribution is -2.45. The summed E-state index contributed by atoms with van der Waals surface area (Å²) in [5.41, 5.74) is -0.0318. The molecule has 16 heteroatoms. The fourth-order valence-electron chi connectivity index (χ4n) is 2.74. The predicted molar refractivity (Wildman–Crippen MR) is 92.2 cm³/mol. The normalized spacial score (nSPS) is 22.8. The van der Waals surface area contributed by atoms with Crippen molar-refractivity contribution < 1.29 is 55.3 Å². The second kappa shape index (κ2) is 11.2. The van der Waals surface area contributed by atoms with Gasteiger partial charge < -0.3 is 25.6 Å². The summed E-state index contributed by atoms with van der Waals surface area (Å²) in [5, 5.41) is 20.8. The van der Waals surface area contributed by atoms with E-state index in [0.29, 0.717) is 12.6 Å². The van der Waals surface area contributed by atoms with E-state index in [1.54, 1.807) is 0 Å². The van der Waals surface area contributed by atoms with E-state index in [1.807, 2.05) is 0 Å². The number of ether oxygens (including phenoxy) is 1. The van der Waals surface area contributed by atoms with Gasteiger partial charge in [0, 0.05) is 13.0 Å². The van der Waals surface area contributed by atoms with Crippen LogP contribution < -0.4 is 10.6 Å². The highest BCUT2D eigenvalue weighted by Gasteiger charge is 2.41. The first-order chi connectivity index (χ1) is 14.6. The van der Waals surface area contributed by atoms with Crippen molar-refractivity contribution in [2.45, 2.75) is 43.3 Å². The SMILES string of the molecule is Fc1cnc(NC2COC3(CCCNC3)C2)nc1.O=C(O)C(F)(F)F.O=C(O)C(F)(F)F. The summed E-state index contributed by atoms with van der Waals surface area (Å²) in [6, 6.07) is 0.204. The first-order valence-corrected chi connectivity index (χ1v) is 8.84. The monoisotopic (exact) mass is 480 g/mol. The molecule has 3 rings (SSSR count). The molecule has 2 atom stereocenters. The van der Waals surface area contributed by atoms with Crippen molar-refractivity contribution in [1.82, 2.24) is 15.3 Å². The molecule has 0 amide bonds. The molecule has 0 aliphatic carbocycles. The number of alkyl halides is 6. The molecule has 4 N–H and O–H groups in total. The summed E-state index contributed by atoms with van der Waals surface area (Å²) in [6.07, 6.45) is -4.63. The largest absolute Gasteiger partial charge is 0.490 e. The van der Waals surface area contributed by atoms with Crippen LogP contribution in [0.5, 0.6) is 0 Å². The third kappa shape index (κ3) is 9.59. The molecule has 2 fully saturated rings. The maximum atomic E-state index is 12.7. The Hall–Kier alpha value is -2.75. The van der Waals surface area contributed by atoms with Gasteiger partial charge in [0.15, 0.2) is 5.82 Å². The molecular weight excluding hydrogens is 461 g/mol. The van der Waals surface area contributed by atoms with Crippen molar-refractivity contribution in [3.8, 4) is 0 Å². The standard InChI is InChI=1S/C12H17FN4O.2C2HF3O2/c13-9-5-15-11(16-6-9)17-10-4-12(18-7-10)2-1-3-14-8-12;2*3-2(4,5)1(6)7/h5-6,10,14H,1-4,7-8H2,(H,15,16,17);2*(H,6,7). The Bertz CT molecular complexity index is 729. The van der Waals surface area contributed by atoms with Crippen LogP contribution in [0.25, 0.3) is 0 Å². The maximum absolute atomic E-state index is 12.7. The smallest absolute Gasteiger partial charge is 0.475 e. The minimum Gasteiger partial charge on any atom is -0.475 e. The molecule has 2 aliphatic heterocycles. The van der Waals surface area contributed by atoms with E-state index < -0.39 is 30.1 Å². The average Bonchev–Trinajstić information content (AvgIpc) is 3.05. The molecule has 0 radical (unpaired) electrons. The van der Waals surface area contributed by atoms with Gasteiger partial charge in [-0.05, 0) is 19.4 Å². The quantitative estimate of drug-likeness (QED) is 0.470. The van der Waals surface area contributed by atoms with Crippen LogP contribution in [0, 0.1) is 5.82 Å². The Morgan fingerprint density at radius 3 is 2.00 bits per heavy atom. The van der Waals surface area contributed by atoms with E-state index in [0.717, 1.165) is 32.4 Å². The van der Waals surface area contributed by atoms with Gasteiger partial charge in [-0.3, -0.25) is 0 Å². The van der Waals surface area contributed by atoms with E-state index in [2.05, 4.69) is 20.6 Å². The van der Waals surface area contributed by atoms with Crippen molar-refractivity contribution in [1.29, 1.82) is 0 Å². The number of nitrogens with zero attached hydrogens (tertiary/aromatic N) is 2. The Morgan fingerprint density at radius 2 is 1.59 bits per heavy atom. The van der Waals surface area contributed by atoms with Crippen LogP contribution in [-0.4, -0.2) is 75.8 Å². The van der Waals surface area contributed by atoms with Gasteiger partial charge in [-0.1, -0.05) is 0 Å². The number of carbonyl (C=O) groups is 2. The zero-order valence-electron chi connectivity index (χ0n) is 16.1. The molecule has 0 saturated carbocycles. The second-order valence-corrected chi connectivity index (χ2v) is 6.65. The maximum Gasteiger partial charge on any atom is 0.490 e. The topological polar surface area (TPSA) is 134 Å². The van der Waals surface area contributed by atoms with Crippen molar-refractivity contribution >= 4 is 17.9 Å². The van der Waals surface area contributed by atoms with Crippen LogP contribution in [0.2, 0.25) is 0 Å². The molecule has 2 aliphatic rings. The minimum absolute atomic E-state index is 0.0318. The number of rotatable bonds is 2. The number of anilines is 1. The van der Waals surface area contributed by atoms with Crippen LogP contribution >= 0.6 is 0 Å². The summed E-state index contributed by atoms with van der Waals surface area (Å²) < 4.78 is 82.1. The first-order valence-electron chi connectivity index (χ1n) is 8.84. The fraction of sp³-hybridized carbons (Fsp3) is 0.625. The summed E-state index contributed by atoms with van der Waals surface area (Å²) >= 11 is 0. The zero-order chi connectivity index (χ0) is 24.6. The van der Waals surface area contributed by atoms with E-state index >= 15 is 0 Å². The molecule has 182 valence electrons. The molecule has 3 heterocycles. The average molecular weight is 480 g/mol. The number of carboxylic acid groups (broad SMARTS) is 2. The molecule has 32 heavy (non-hydrogen) atoms. The number of piperidine rings is 1. The molecule has 1 aromatic rings. The molecule has 0 bridgehead atoms. The number of aliphatic carboxylic acids is 2. The zero-order valence-corrected chi connectivity index (χ0v) is 16.1. The lowest BCUT2D eigenvalue weighted by atomic mass is 9.90. The van der Waals surface area contributed by atoms with Crippen molar-refractivity contribution in [2.24, 2.45) is 0 Å². The van der Waals surface area contributed by atoms with Gasteiger partial charge in [-0.2, -0.15) is 26.3 Å². The Morgan fingerprint density at radius 1 is 1.09 bits per heavy atom. The number of halogens is 7. The minimum atomic E-state index is -5.08. The highest BCUT2D eigenvalue weighted by atomic mass is 19.4. The van der Waals surface area contributed by atoms with E-state index in [4.69, 9.17) is 24.5 Å². The van der Waals surface area contributed by atoms with E-state index in [-0.39, 0.29) is 11.6 Å². The lowest BCUT2D eigenvalue weighted by Gasteiger charge is -2.32. The van der Waals surface area contributed by atoms with Crippen LogP contribution in [0.4, 0.5) is 36.7 Å². The van der Waals surface area contributed by atoms with Gasteiger partial charge in [0.05, 0.1) is 30.6 Å². The summed E-state index contributed by atoms with van der Waals surface area (Å²) in [4.78, 5) is 25.6. The number of hydrogen-bond donors (Lipinski definition) is 4. The highest BCUT2D eigenvalue weighted by molar-refractivity contribution is 5.73. The van der Waals surface area contributed by atoms with Gasteiger partial charge in [0.1, 0.15) is 0 Å². The summed E-state index contributed by atoms with van der Waals surface area (Å²) in [7, 11) is 0. The van der Waals surface area contributed by atoms with E-state index in [1.165, 1.54) is 12.4 Å². The Kier molecular flexibility index (Phi) is 9.56. The molecule has 1 aromatic heterocycles. The molecule has 0 aromatic carbocycles. The lowest BCUT2D eigenvalue weighted by molar-refractivity contribution is -0.193. The number of aromatic nitrogens is 2. The summed E-state index contributed by atoms with van der Waals surface area (Å²) in [5.74, 6) is -5.47. The Labute approximate surface area is 176 Å². The third-order valence-corrected chi connectivity index (χ3v) is 4.08. The van der Waals surface area contributed by atoms with Gasteiger partial charge in [-0.15, -0.1) is 0 Å².